The van der Waals surface area contributed by atoms with Gasteiger partial charge in [0.1, 0.15) is 5.82 Å². The number of rotatable bonds is 3. The van der Waals surface area contributed by atoms with Gasteiger partial charge in [-0.05, 0) is 47.8 Å². The fourth-order valence-corrected chi connectivity index (χ4v) is 2.83. The summed E-state index contributed by atoms with van der Waals surface area (Å²) in [5.74, 6) is -0.876. The van der Waals surface area contributed by atoms with E-state index in [1.807, 2.05) is 4.90 Å². The molecule has 1 aromatic rings. The molecule has 0 N–H and O–H groups in total. The van der Waals surface area contributed by atoms with Gasteiger partial charge in [-0.25, -0.2) is 9.18 Å². The van der Waals surface area contributed by atoms with Crippen LogP contribution in [0.4, 0.5) is 10.1 Å². The molecule has 1 fully saturated rings. The fourth-order valence-electron chi connectivity index (χ4n) is 2.14. The fraction of sp³-hybridized carbons (Fsp3) is 0.462. The normalized spacial score (nSPS) is 14.9. The Bertz CT molecular complexity index is 435. The highest BCUT2D eigenvalue weighted by atomic mass is 79.9. The molecular weight excluding hydrogens is 301 g/mol. The van der Waals surface area contributed by atoms with Crippen LogP contribution in [0.15, 0.2) is 16.6 Å². The van der Waals surface area contributed by atoms with Crippen LogP contribution in [0.2, 0.25) is 0 Å². The Balaban J connectivity index is 2.31. The van der Waals surface area contributed by atoms with Gasteiger partial charge >= 0.3 is 5.97 Å². The molecule has 98 valence electrons. The predicted octanol–water partition coefficient (Wildman–Crippen LogP) is 3.37. The first-order valence-corrected chi connectivity index (χ1v) is 6.84. The van der Waals surface area contributed by atoms with Gasteiger partial charge in [-0.1, -0.05) is 0 Å². The molecule has 0 bridgehead atoms. The van der Waals surface area contributed by atoms with Crippen molar-refractivity contribution in [1.82, 2.24) is 0 Å². The van der Waals surface area contributed by atoms with Crippen molar-refractivity contribution in [2.45, 2.75) is 19.8 Å². The van der Waals surface area contributed by atoms with E-state index in [9.17, 15) is 9.18 Å². The third kappa shape index (κ3) is 2.66. The summed E-state index contributed by atoms with van der Waals surface area (Å²) >= 11 is 3.34. The number of hydrogen-bond acceptors (Lipinski definition) is 3. The number of esters is 1. The lowest BCUT2D eigenvalue weighted by Crippen LogP contribution is -2.20. The molecule has 1 saturated heterocycles. The molecular formula is C13H15BrFNO2. The lowest BCUT2D eigenvalue weighted by Gasteiger charge is -2.20. The maximum absolute atomic E-state index is 14.1. The molecule has 2 rings (SSSR count). The molecule has 0 aromatic heterocycles. The quantitative estimate of drug-likeness (QED) is 0.801. The van der Waals surface area contributed by atoms with Crippen molar-refractivity contribution in [3.8, 4) is 0 Å². The summed E-state index contributed by atoms with van der Waals surface area (Å²) in [6.07, 6.45) is 2.15. The minimum Gasteiger partial charge on any atom is -0.462 e. The van der Waals surface area contributed by atoms with Crippen LogP contribution in [0.25, 0.3) is 0 Å². The molecule has 1 heterocycles. The number of benzene rings is 1. The molecule has 3 nitrogen and oxygen atoms in total. The summed E-state index contributed by atoms with van der Waals surface area (Å²) in [4.78, 5) is 13.6. The Morgan fingerprint density at radius 2 is 2.11 bits per heavy atom. The van der Waals surface area contributed by atoms with E-state index in [2.05, 4.69) is 15.9 Å². The Morgan fingerprint density at radius 3 is 2.67 bits per heavy atom. The second-order valence-electron chi connectivity index (χ2n) is 4.20. The molecule has 1 aliphatic heterocycles. The standard InChI is InChI=1S/C13H15BrFNO2/c1-2-18-13(17)9-7-10(14)12(11(15)8-9)16-5-3-4-6-16/h7-8H,2-6H2,1H3. The molecule has 1 aromatic carbocycles. The highest BCUT2D eigenvalue weighted by molar-refractivity contribution is 9.10. The van der Waals surface area contributed by atoms with Crippen LogP contribution in [-0.4, -0.2) is 25.7 Å². The van der Waals surface area contributed by atoms with Gasteiger partial charge in [0.2, 0.25) is 0 Å². The summed E-state index contributed by atoms with van der Waals surface area (Å²) in [5.41, 5.74) is 0.782. The zero-order valence-electron chi connectivity index (χ0n) is 10.2. The summed E-state index contributed by atoms with van der Waals surface area (Å²) in [6.45, 7) is 3.72. The van der Waals surface area contributed by atoms with E-state index >= 15 is 0 Å². The molecule has 1 aliphatic rings. The van der Waals surface area contributed by atoms with Crippen molar-refractivity contribution in [2.24, 2.45) is 0 Å². The SMILES string of the molecule is CCOC(=O)c1cc(F)c(N2CCCC2)c(Br)c1. The molecule has 18 heavy (non-hydrogen) atoms. The second-order valence-corrected chi connectivity index (χ2v) is 5.06. The van der Waals surface area contributed by atoms with Gasteiger partial charge in [0.15, 0.2) is 0 Å². The summed E-state index contributed by atoms with van der Waals surface area (Å²) in [7, 11) is 0. The maximum Gasteiger partial charge on any atom is 0.338 e. The Morgan fingerprint density at radius 1 is 1.44 bits per heavy atom. The van der Waals surface area contributed by atoms with E-state index in [1.54, 1.807) is 13.0 Å². The number of anilines is 1. The minimum atomic E-state index is -0.495. The van der Waals surface area contributed by atoms with Crippen LogP contribution in [0.1, 0.15) is 30.1 Å². The molecule has 0 radical (unpaired) electrons. The highest BCUT2D eigenvalue weighted by Crippen LogP contribution is 2.33. The molecule has 0 amide bonds. The van der Waals surface area contributed by atoms with Gasteiger partial charge in [0.25, 0.3) is 0 Å². The smallest absolute Gasteiger partial charge is 0.338 e. The van der Waals surface area contributed by atoms with E-state index in [-0.39, 0.29) is 18.0 Å². The second kappa shape index (κ2) is 5.69. The lowest BCUT2D eigenvalue weighted by molar-refractivity contribution is 0.0525. The van der Waals surface area contributed by atoms with Gasteiger partial charge in [-0.2, -0.15) is 0 Å². The molecule has 0 saturated carbocycles. The number of ether oxygens (including phenoxy) is 1. The van der Waals surface area contributed by atoms with Crippen LogP contribution in [0.3, 0.4) is 0 Å². The van der Waals surface area contributed by atoms with Crippen molar-refractivity contribution < 1.29 is 13.9 Å². The minimum absolute atomic E-state index is 0.240. The van der Waals surface area contributed by atoms with Crippen LogP contribution in [0.5, 0.6) is 0 Å². The number of carbonyl (C=O) groups excluding carboxylic acids is 1. The van der Waals surface area contributed by atoms with Crippen LogP contribution in [0, 0.1) is 5.82 Å². The van der Waals surface area contributed by atoms with Crippen molar-refractivity contribution in [3.05, 3.63) is 28.0 Å². The van der Waals surface area contributed by atoms with Gasteiger partial charge in [0, 0.05) is 17.6 Å². The Kier molecular flexibility index (Phi) is 4.22. The first kappa shape index (κ1) is 13.3. The largest absolute Gasteiger partial charge is 0.462 e. The molecule has 0 atom stereocenters. The van der Waals surface area contributed by atoms with Crippen LogP contribution >= 0.6 is 15.9 Å². The zero-order valence-corrected chi connectivity index (χ0v) is 11.8. The average Bonchev–Trinajstić information content (AvgIpc) is 2.82. The maximum atomic E-state index is 14.1. The van der Waals surface area contributed by atoms with E-state index in [0.29, 0.717) is 10.2 Å². The molecule has 0 aliphatic carbocycles. The Hall–Kier alpha value is -1.10. The zero-order chi connectivity index (χ0) is 13.1. The van der Waals surface area contributed by atoms with Crippen molar-refractivity contribution >= 4 is 27.6 Å². The van der Waals surface area contributed by atoms with Crippen molar-refractivity contribution in [2.75, 3.05) is 24.6 Å². The molecule has 0 unspecified atom stereocenters. The van der Waals surface area contributed by atoms with E-state index in [0.717, 1.165) is 25.9 Å². The van der Waals surface area contributed by atoms with E-state index in [4.69, 9.17) is 4.74 Å². The molecule has 0 spiro atoms. The first-order chi connectivity index (χ1) is 8.63. The van der Waals surface area contributed by atoms with E-state index < -0.39 is 5.97 Å². The summed E-state index contributed by atoms with van der Waals surface area (Å²) in [6, 6.07) is 2.87. The third-order valence-electron chi connectivity index (χ3n) is 2.95. The van der Waals surface area contributed by atoms with Gasteiger partial charge in [-0.15, -0.1) is 0 Å². The van der Waals surface area contributed by atoms with Gasteiger partial charge < -0.3 is 9.64 Å². The van der Waals surface area contributed by atoms with Gasteiger partial charge in [-0.3, -0.25) is 0 Å². The molecule has 5 heteroatoms. The van der Waals surface area contributed by atoms with Crippen LogP contribution < -0.4 is 4.90 Å². The third-order valence-corrected chi connectivity index (χ3v) is 3.55. The summed E-state index contributed by atoms with van der Waals surface area (Å²) in [5, 5.41) is 0. The number of hydrogen-bond donors (Lipinski definition) is 0. The van der Waals surface area contributed by atoms with Crippen LogP contribution in [-0.2, 0) is 4.74 Å². The highest BCUT2D eigenvalue weighted by Gasteiger charge is 2.21. The number of halogens is 2. The van der Waals surface area contributed by atoms with Crippen molar-refractivity contribution in [3.63, 3.8) is 0 Å². The van der Waals surface area contributed by atoms with E-state index in [1.165, 1.54) is 6.07 Å². The topological polar surface area (TPSA) is 29.5 Å². The first-order valence-electron chi connectivity index (χ1n) is 6.04. The number of carbonyl (C=O) groups is 1. The predicted molar refractivity (Wildman–Crippen MR) is 71.5 cm³/mol. The lowest BCUT2D eigenvalue weighted by atomic mass is 10.2. The number of nitrogens with zero attached hydrogens (tertiary/aromatic N) is 1. The Labute approximate surface area is 114 Å². The average molecular weight is 316 g/mol. The van der Waals surface area contributed by atoms with Crippen molar-refractivity contribution in [1.29, 1.82) is 0 Å². The summed E-state index contributed by atoms with van der Waals surface area (Å²) < 4.78 is 19.6. The van der Waals surface area contributed by atoms with Gasteiger partial charge in [0.05, 0.1) is 17.9 Å². The monoisotopic (exact) mass is 315 g/mol.